The number of methoxy groups -OCH3 is 1. The summed E-state index contributed by atoms with van der Waals surface area (Å²) in [5, 5.41) is 15.4. The first-order valence-corrected chi connectivity index (χ1v) is 44.9. The molecule has 0 saturated heterocycles. The van der Waals surface area contributed by atoms with Gasteiger partial charge in [0.1, 0.15) is 13.2 Å². The maximum Gasteiger partial charge on any atom is 0.311 e. The SMILES string of the molecule is COC(=O)C(C)(C)CC(C)(CCC(C)c1ccccc1)C(=O)OCCOc1c[c-]c(-c2nccn2-c2ccccc2C)cc1.Cc1cc(C)c(-c2cnc3c4[c-]cccc4c4ccc(C)cc4n23)c(C)c1.Cc1cccc(C)c1-c1cnn2c3[c-]cccc3c3ccccc3c12.Cc1ccccc1-c1cc[c-]c2c1c1ccccc1n1c(-c3ccc(C(C)C)cc3C)cnc21.[Ir].[Ir].[Ir].[Ir]. The van der Waals surface area contributed by atoms with E-state index in [-0.39, 0.29) is 111 Å². The molecule has 0 fully saturated rings. The van der Waals surface area contributed by atoms with Gasteiger partial charge in [0, 0.05) is 144 Å². The van der Waals surface area contributed by atoms with Crippen molar-refractivity contribution in [2.75, 3.05) is 20.3 Å². The fraction of sp³-hybridized carbons (Fsp3) is 0.214. The molecule has 0 aliphatic heterocycles. The van der Waals surface area contributed by atoms with Crippen molar-refractivity contribution in [2.24, 2.45) is 10.8 Å². The Hall–Kier alpha value is -12.0. The number of nitrogens with zero attached hydrogens (tertiary/aromatic N) is 8. The van der Waals surface area contributed by atoms with E-state index >= 15 is 0 Å². The second-order valence-corrected chi connectivity index (χ2v) is 35.9. The van der Waals surface area contributed by atoms with Gasteiger partial charge in [0.05, 0.1) is 58.2 Å². The molecule has 13 aromatic carbocycles. The standard InChI is InChI=1S/C37H43N2O5.C32H27N2.C25H21N2.C23H17N2.4Ir/c1-27(29-13-8-7-9-14-29)20-21-37(5,26-36(3,4)34(40)42-6)35(41)44-25-24-43-31-18-16-30(17-19-31)33-38-22-23-39(33)32-15-11-10-12-28(32)2;1-20(2)23-16-17-25(22(4)18-23)30-19-33-32-28-14-9-13-26(24-11-6-5-10-21(24)3)31(28)27-12-7-8-15-29(27)34(30)32;1-15-9-10-20-19-7-5-6-8-21(19)25-26-14-23(27(25)22(20)13-15)24-17(3)11-16(2)12-18(24)4;1-15-8-7-9-16(2)22(15)20-14-24-25-21-13-6-5-11-18(21)17-10-3-4-12-19(17)23(20)25;;;;/h7-16,18-19,22-23,27H,20-21,24-26H2,1-6H3;5-13,15-20H,1-4H3;5-7,9-14H,1-4H3;3-12,14H,1-2H3;;;;/q4*-1;;;;. The van der Waals surface area contributed by atoms with Crippen LogP contribution in [0.25, 0.3) is 144 Å². The zero-order valence-corrected chi connectivity index (χ0v) is 87.9. The van der Waals surface area contributed by atoms with Gasteiger partial charge in [0.25, 0.3) is 0 Å². The van der Waals surface area contributed by atoms with Gasteiger partial charge >= 0.3 is 11.9 Å². The minimum Gasteiger partial charge on any atom is -0.533 e. The van der Waals surface area contributed by atoms with Gasteiger partial charge in [-0.1, -0.05) is 229 Å². The molecule has 7 heterocycles. The predicted octanol–water partition coefficient (Wildman–Crippen LogP) is 28.3. The number of aromatic nitrogens is 8. The van der Waals surface area contributed by atoms with Crippen molar-refractivity contribution in [3.63, 3.8) is 0 Å². The maximum atomic E-state index is 13.5. The van der Waals surface area contributed by atoms with Crippen LogP contribution >= 0.6 is 0 Å². The summed E-state index contributed by atoms with van der Waals surface area (Å²) in [5.41, 5.74) is 30.3. The third-order valence-corrected chi connectivity index (χ3v) is 25.7. The molecule has 13 nitrogen and oxygen atoms in total. The minimum absolute atomic E-state index is 0. The smallest absolute Gasteiger partial charge is 0.311 e. The van der Waals surface area contributed by atoms with E-state index in [0.29, 0.717) is 24.5 Å². The Morgan fingerprint density at radius 2 is 1.09 bits per heavy atom. The third kappa shape index (κ3) is 19.9. The largest absolute Gasteiger partial charge is 0.533 e. The normalized spacial score (nSPS) is 11.9. The molecule has 2 unspecified atom stereocenters. The first kappa shape index (κ1) is 99.5. The number of para-hydroxylation sites is 3. The van der Waals surface area contributed by atoms with E-state index in [1.54, 1.807) is 12.3 Å². The molecule has 0 N–H and O–H groups in total. The van der Waals surface area contributed by atoms with E-state index in [4.69, 9.17) is 29.3 Å². The van der Waals surface area contributed by atoms with E-state index in [9.17, 15) is 9.59 Å². The number of aryl methyl sites for hydroxylation is 9. The minimum atomic E-state index is -0.880. The van der Waals surface area contributed by atoms with E-state index in [1.165, 1.54) is 145 Å². The zero-order valence-electron chi connectivity index (χ0n) is 78.4. The molecule has 20 aromatic rings. The number of rotatable bonds is 19. The Kier molecular flexibility index (Phi) is 31.7. The first-order chi connectivity index (χ1) is 62.9. The van der Waals surface area contributed by atoms with E-state index in [1.807, 2.05) is 121 Å². The number of benzene rings is 13. The molecule has 0 bridgehead atoms. The molecule has 0 saturated carbocycles. The van der Waals surface area contributed by atoms with Crippen LogP contribution in [0, 0.1) is 97.4 Å². The summed E-state index contributed by atoms with van der Waals surface area (Å²) in [5.74, 6) is 1.47. The molecule has 686 valence electrons. The molecule has 4 radical (unpaired) electrons. The molecule has 20 rings (SSSR count). The summed E-state index contributed by atoms with van der Waals surface area (Å²) < 4.78 is 25.4. The number of carbonyl (C=O) groups is 2. The Morgan fingerprint density at radius 3 is 1.79 bits per heavy atom. The molecule has 17 heteroatoms. The Balaban J connectivity index is 0.000000153. The fourth-order valence-electron chi connectivity index (χ4n) is 19.3. The molecular weight excluding hydrogens is 2370 g/mol. The summed E-state index contributed by atoms with van der Waals surface area (Å²) in [7, 11) is 1.37. The molecule has 0 aliphatic rings. The van der Waals surface area contributed by atoms with Crippen LogP contribution in [0.4, 0.5) is 0 Å². The third-order valence-electron chi connectivity index (χ3n) is 25.7. The average molecular weight is 2480 g/mol. The topological polar surface area (TPSA) is 132 Å². The maximum absolute atomic E-state index is 13.5. The number of pyridine rings is 3. The van der Waals surface area contributed by atoms with E-state index in [0.717, 1.165) is 73.5 Å². The number of imidazole rings is 3. The van der Waals surface area contributed by atoms with Gasteiger partial charge in [0.2, 0.25) is 0 Å². The van der Waals surface area contributed by atoms with Gasteiger partial charge in [-0.05, 0) is 221 Å². The van der Waals surface area contributed by atoms with Crippen LogP contribution in [0.3, 0.4) is 0 Å². The first-order valence-electron chi connectivity index (χ1n) is 44.9. The zero-order chi connectivity index (χ0) is 90.8. The molecule has 0 aliphatic carbocycles. The van der Waals surface area contributed by atoms with E-state index < -0.39 is 10.8 Å². The summed E-state index contributed by atoms with van der Waals surface area (Å²) in [6, 6.07) is 104. The van der Waals surface area contributed by atoms with Gasteiger partial charge < -0.3 is 27.6 Å². The van der Waals surface area contributed by atoms with Crippen LogP contribution in [-0.2, 0) is 99.5 Å². The van der Waals surface area contributed by atoms with Crippen molar-refractivity contribution in [3.05, 3.63) is 377 Å². The second-order valence-electron chi connectivity index (χ2n) is 35.9. The van der Waals surface area contributed by atoms with Gasteiger partial charge in [-0.2, -0.15) is 29.4 Å². The number of hydrogen-bond acceptors (Lipinski definition) is 9. The monoisotopic (exact) mass is 2480 g/mol. The van der Waals surface area contributed by atoms with Crippen molar-refractivity contribution < 1.29 is 104 Å². The van der Waals surface area contributed by atoms with Crippen molar-refractivity contribution in [3.8, 4) is 67.6 Å². The molecule has 2 atom stereocenters. The van der Waals surface area contributed by atoms with Crippen LogP contribution in [0.5, 0.6) is 5.75 Å². The quantitative estimate of drug-likeness (QED) is 0.0336. The van der Waals surface area contributed by atoms with Crippen LogP contribution in [-0.4, -0.2) is 70.2 Å². The Morgan fingerprint density at radius 1 is 0.455 bits per heavy atom. The molecule has 0 spiro atoms. The summed E-state index contributed by atoms with van der Waals surface area (Å²) in [6.45, 7) is 31.9. The summed E-state index contributed by atoms with van der Waals surface area (Å²) in [4.78, 5) is 40.4. The number of esters is 2. The second kappa shape index (κ2) is 42.7. The van der Waals surface area contributed by atoms with Gasteiger partial charge in [0.15, 0.2) is 0 Å². The van der Waals surface area contributed by atoms with Crippen molar-refractivity contribution >= 4 is 93.8 Å². The van der Waals surface area contributed by atoms with Crippen molar-refractivity contribution in [1.29, 1.82) is 0 Å². The van der Waals surface area contributed by atoms with Crippen LogP contribution in [0.2, 0.25) is 0 Å². The molecule has 7 aromatic heterocycles. The fourth-order valence-corrected chi connectivity index (χ4v) is 19.3. The molecule has 0 amide bonds. The van der Waals surface area contributed by atoms with Gasteiger partial charge in [-0.3, -0.25) is 29.1 Å². The molecule has 134 heavy (non-hydrogen) atoms. The summed E-state index contributed by atoms with van der Waals surface area (Å²) in [6.07, 6.45) is 11.4. The van der Waals surface area contributed by atoms with Crippen LogP contribution in [0.15, 0.2) is 292 Å². The molecular formula is C117H108Ir4N8O5-4. The Labute approximate surface area is 839 Å². The van der Waals surface area contributed by atoms with E-state index in [2.05, 4.69) is 309 Å². The number of carbonyl (C=O) groups excluding carboxylic acids is 2. The van der Waals surface area contributed by atoms with Gasteiger partial charge in [-0.25, -0.2) is 0 Å². The number of ether oxygens (including phenoxy) is 3. The predicted molar refractivity (Wildman–Crippen MR) is 532 cm³/mol. The Bertz CT molecular complexity index is 7640. The average Bonchev–Trinajstić information content (AvgIpc) is 1.54. The number of hydrogen-bond donors (Lipinski definition) is 0. The number of fused-ring (bicyclic) bond motifs is 18. The summed E-state index contributed by atoms with van der Waals surface area (Å²) >= 11 is 0. The van der Waals surface area contributed by atoms with Crippen molar-refractivity contribution in [2.45, 2.75) is 135 Å². The van der Waals surface area contributed by atoms with Gasteiger partial charge in [-0.15, -0.1) is 83.1 Å². The van der Waals surface area contributed by atoms with Crippen LogP contribution in [0.1, 0.15) is 134 Å². The van der Waals surface area contributed by atoms with Crippen LogP contribution < -0.4 is 4.74 Å². The van der Waals surface area contributed by atoms with Crippen molar-refractivity contribution in [1.82, 2.24) is 37.9 Å².